The van der Waals surface area contributed by atoms with Crippen molar-refractivity contribution in [2.75, 3.05) is 0 Å². The summed E-state index contributed by atoms with van der Waals surface area (Å²) >= 11 is 4.94. The van der Waals surface area contributed by atoms with Gasteiger partial charge < -0.3 is 5.73 Å². The fourth-order valence-electron chi connectivity index (χ4n) is 3.08. The van der Waals surface area contributed by atoms with Crippen LogP contribution in [0.3, 0.4) is 0 Å². The third kappa shape index (κ3) is 3.12. The van der Waals surface area contributed by atoms with Gasteiger partial charge in [0.2, 0.25) is 10.0 Å². The number of nitrogens with zero attached hydrogens (tertiary/aromatic N) is 1. The number of rotatable bonds is 3. The van der Waals surface area contributed by atoms with Crippen molar-refractivity contribution in [1.82, 2.24) is 4.31 Å². The van der Waals surface area contributed by atoms with Gasteiger partial charge in [-0.05, 0) is 51.3 Å². The van der Waals surface area contributed by atoms with E-state index in [0.717, 1.165) is 19.3 Å². The lowest BCUT2D eigenvalue weighted by Gasteiger charge is -2.38. The fourth-order valence-corrected chi connectivity index (χ4v) is 5.30. The lowest BCUT2D eigenvalue weighted by Crippen LogP contribution is -2.47. The molecule has 2 rings (SSSR count). The highest BCUT2D eigenvalue weighted by Crippen LogP contribution is 2.31. The first-order valence-corrected chi connectivity index (χ1v) is 9.04. The van der Waals surface area contributed by atoms with Crippen LogP contribution in [0.15, 0.2) is 23.1 Å². The van der Waals surface area contributed by atoms with Gasteiger partial charge in [-0.15, -0.1) is 0 Å². The van der Waals surface area contributed by atoms with E-state index in [1.807, 2.05) is 13.8 Å². The van der Waals surface area contributed by atoms with Gasteiger partial charge in [0.15, 0.2) is 0 Å². The van der Waals surface area contributed by atoms with Crippen LogP contribution in [-0.2, 0) is 10.0 Å². The molecule has 1 saturated heterocycles. The lowest BCUT2D eigenvalue weighted by molar-refractivity contribution is 0.204. The van der Waals surface area contributed by atoms with E-state index in [9.17, 15) is 8.42 Å². The Balaban J connectivity index is 2.46. The molecule has 116 valence electrons. The van der Waals surface area contributed by atoms with Crippen LogP contribution in [0.1, 0.15) is 44.2 Å². The molecule has 0 bridgehead atoms. The minimum Gasteiger partial charge on any atom is -0.389 e. The Kier molecular flexibility index (Phi) is 4.70. The van der Waals surface area contributed by atoms with Crippen LogP contribution in [0.25, 0.3) is 0 Å². The first-order valence-electron chi connectivity index (χ1n) is 7.19. The standard InChI is InChI=1S/C15H22N2O2S2/c1-10-9-13(15(16)20)7-8-14(10)21(18,19)17-11(2)5-4-6-12(17)3/h7-9,11-12H,4-6H2,1-3H3,(H2,16,20). The molecule has 1 aromatic carbocycles. The molecule has 21 heavy (non-hydrogen) atoms. The monoisotopic (exact) mass is 326 g/mol. The van der Waals surface area contributed by atoms with Crippen molar-refractivity contribution in [3.05, 3.63) is 29.3 Å². The molecule has 1 fully saturated rings. The summed E-state index contributed by atoms with van der Waals surface area (Å²) in [6.45, 7) is 5.74. The van der Waals surface area contributed by atoms with E-state index in [1.54, 1.807) is 29.4 Å². The van der Waals surface area contributed by atoms with Gasteiger partial charge in [-0.25, -0.2) is 8.42 Å². The third-order valence-corrected chi connectivity index (χ3v) is 6.65. The van der Waals surface area contributed by atoms with Crippen LogP contribution in [0.4, 0.5) is 0 Å². The van der Waals surface area contributed by atoms with Gasteiger partial charge in [-0.2, -0.15) is 4.31 Å². The topological polar surface area (TPSA) is 63.4 Å². The highest BCUT2D eigenvalue weighted by atomic mass is 32.2. The molecule has 0 saturated carbocycles. The molecule has 0 radical (unpaired) electrons. The minimum atomic E-state index is -3.48. The van der Waals surface area contributed by atoms with Gasteiger partial charge in [-0.1, -0.05) is 24.7 Å². The molecule has 1 heterocycles. The van der Waals surface area contributed by atoms with Gasteiger partial charge in [-0.3, -0.25) is 0 Å². The van der Waals surface area contributed by atoms with Gasteiger partial charge in [0.05, 0.1) is 4.90 Å². The van der Waals surface area contributed by atoms with Crippen molar-refractivity contribution in [2.24, 2.45) is 5.73 Å². The Bertz CT molecular complexity index is 646. The second-order valence-corrected chi connectivity index (χ2v) is 8.06. The molecular formula is C15H22N2O2S2. The molecule has 2 unspecified atom stereocenters. The molecule has 0 amide bonds. The third-order valence-electron chi connectivity index (χ3n) is 4.13. The van der Waals surface area contributed by atoms with Gasteiger partial charge in [0.1, 0.15) is 4.99 Å². The number of sulfonamides is 1. The Morgan fingerprint density at radius 2 is 1.86 bits per heavy atom. The van der Waals surface area contributed by atoms with Crippen LogP contribution in [0.5, 0.6) is 0 Å². The zero-order valence-electron chi connectivity index (χ0n) is 12.7. The van der Waals surface area contributed by atoms with Gasteiger partial charge in [0, 0.05) is 17.6 Å². The summed E-state index contributed by atoms with van der Waals surface area (Å²) in [5.41, 5.74) is 6.98. The highest BCUT2D eigenvalue weighted by Gasteiger charge is 2.36. The first kappa shape index (κ1) is 16.4. The Morgan fingerprint density at radius 1 is 1.29 bits per heavy atom. The zero-order valence-corrected chi connectivity index (χ0v) is 14.3. The second kappa shape index (κ2) is 6.02. The predicted octanol–water partition coefficient (Wildman–Crippen LogP) is 2.58. The summed E-state index contributed by atoms with van der Waals surface area (Å²) in [5.74, 6) is 0. The maximum absolute atomic E-state index is 13.0. The Hall–Kier alpha value is -0.980. The van der Waals surface area contributed by atoms with Crippen molar-refractivity contribution in [3.63, 3.8) is 0 Å². The number of hydrogen-bond donors (Lipinski definition) is 1. The molecule has 1 aliphatic rings. The molecule has 0 aromatic heterocycles. The number of hydrogen-bond acceptors (Lipinski definition) is 3. The summed E-state index contributed by atoms with van der Waals surface area (Å²) in [6, 6.07) is 5.12. The number of piperidine rings is 1. The number of thiocarbonyl (C=S) groups is 1. The summed E-state index contributed by atoms with van der Waals surface area (Å²) in [5, 5.41) is 0. The molecule has 1 aliphatic heterocycles. The minimum absolute atomic E-state index is 0.0356. The Labute approximate surface area is 132 Å². The van der Waals surface area contributed by atoms with E-state index in [4.69, 9.17) is 18.0 Å². The molecule has 2 N–H and O–H groups in total. The van der Waals surface area contributed by atoms with Crippen molar-refractivity contribution in [1.29, 1.82) is 0 Å². The van der Waals surface area contributed by atoms with Crippen LogP contribution in [-0.4, -0.2) is 29.8 Å². The average Bonchev–Trinajstić information content (AvgIpc) is 2.37. The molecule has 2 atom stereocenters. The number of benzene rings is 1. The molecule has 6 heteroatoms. The van der Waals surface area contributed by atoms with E-state index < -0.39 is 10.0 Å². The van der Waals surface area contributed by atoms with Crippen LogP contribution in [0.2, 0.25) is 0 Å². The van der Waals surface area contributed by atoms with E-state index in [-0.39, 0.29) is 17.1 Å². The highest BCUT2D eigenvalue weighted by molar-refractivity contribution is 7.89. The van der Waals surface area contributed by atoms with E-state index in [2.05, 4.69) is 0 Å². The smallest absolute Gasteiger partial charge is 0.243 e. The molecule has 0 aliphatic carbocycles. The molecule has 1 aromatic rings. The van der Waals surface area contributed by atoms with Crippen molar-refractivity contribution in [3.8, 4) is 0 Å². The van der Waals surface area contributed by atoms with Crippen molar-refractivity contribution >= 4 is 27.2 Å². The maximum Gasteiger partial charge on any atom is 0.243 e. The fraction of sp³-hybridized carbons (Fsp3) is 0.533. The average molecular weight is 326 g/mol. The second-order valence-electron chi connectivity index (χ2n) is 5.81. The lowest BCUT2D eigenvalue weighted by atomic mass is 10.0. The van der Waals surface area contributed by atoms with Crippen molar-refractivity contribution in [2.45, 2.75) is 57.0 Å². The molecule has 0 spiro atoms. The predicted molar refractivity (Wildman–Crippen MR) is 88.9 cm³/mol. The van der Waals surface area contributed by atoms with Gasteiger partial charge in [0.25, 0.3) is 0 Å². The Morgan fingerprint density at radius 3 is 2.33 bits per heavy atom. The van der Waals surface area contributed by atoms with Gasteiger partial charge >= 0.3 is 0 Å². The van der Waals surface area contributed by atoms with Crippen molar-refractivity contribution < 1.29 is 8.42 Å². The largest absolute Gasteiger partial charge is 0.389 e. The first-order chi connectivity index (χ1) is 9.75. The summed E-state index contributed by atoms with van der Waals surface area (Å²) in [6.07, 6.45) is 2.90. The number of nitrogens with two attached hydrogens (primary N) is 1. The SMILES string of the molecule is Cc1cc(C(N)=S)ccc1S(=O)(=O)N1C(C)CCCC1C. The normalized spacial score (nSPS) is 24.0. The quantitative estimate of drug-likeness (QED) is 0.867. The number of aryl methyl sites for hydroxylation is 1. The zero-order chi connectivity index (χ0) is 15.8. The molecular weight excluding hydrogens is 304 g/mol. The van der Waals surface area contributed by atoms with Crippen LogP contribution in [0, 0.1) is 6.92 Å². The summed E-state index contributed by atoms with van der Waals surface area (Å²) in [7, 11) is -3.48. The summed E-state index contributed by atoms with van der Waals surface area (Å²) < 4.78 is 27.6. The maximum atomic E-state index is 13.0. The summed E-state index contributed by atoms with van der Waals surface area (Å²) in [4.78, 5) is 0.629. The van der Waals surface area contributed by atoms with E-state index in [0.29, 0.717) is 16.0 Å². The molecule has 4 nitrogen and oxygen atoms in total. The van der Waals surface area contributed by atoms with Crippen LogP contribution >= 0.6 is 12.2 Å². The van der Waals surface area contributed by atoms with E-state index in [1.165, 1.54) is 0 Å². The van der Waals surface area contributed by atoms with Crippen LogP contribution < -0.4 is 5.73 Å². The van der Waals surface area contributed by atoms with E-state index >= 15 is 0 Å².